The van der Waals surface area contributed by atoms with Crippen LogP contribution >= 0.6 is 0 Å². The highest BCUT2D eigenvalue weighted by Gasteiger charge is 2.20. The molecule has 0 N–H and O–H groups in total. The molecule has 5 rings (SSSR count). The summed E-state index contributed by atoms with van der Waals surface area (Å²) in [5, 5.41) is 7.81. The zero-order valence-corrected chi connectivity index (χ0v) is 30.8. The summed E-state index contributed by atoms with van der Waals surface area (Å²) in [6.45, 7) is 8.77. The average Bonchev–Trinajstić information content (AvgIpc) is 3.87. The van der Waals surface area contributed by atoms with Gasteiger partial charge in [0.2, 0.25) is 11.6 Å². The smallest absolute Gasteiger partial charge is 0.434 e. The summed E-state index contributed by atoms with van der Waals surface area (Å²) in [7, 11) is 0. The number of halogens is 2. The molecule has 12 nitrogen and oxygen atoms in total. The molecule has 2 heterocycles. The van der Waals surface area contributed by atoms with Gasteiger partial charge in [-0.05, 0) is 73.2 Å². The van der Waals surface area contributed by atoms with E-state index in [9.17, 15) is 9.59 Å². The molecule has 2 aromatic heterocycles. The van der Waals surface area contributed by atoms with Crippen molar-refractivity contribution in [2.24, 2.45) is 11.8 Å². The fourth-order valence-corrected chi connectivity index (χ4v) is 5.56. The Morgan fingerprint density at radius 2 is 1.04 bits per heavy atom. The van der Waals surface area contributed by atoms with Crippen LogP contribution in [0.4, 0.5) is 18.4 Å². The van der Waals surface area contributed by atoms with E-state index in [1.807, 2.05) is 13.8 Å². The molecule has 5 aromatic rings. The molecule has 3 aromatic carbocycles. The highest BCUT2D eigenvalue weighted by Crippen LogP contribution is 2.30. The van der Waals surface area contributed by atoms with Gasteiger partial charge in [-0.1, -0.05) is 76.5 Å². The van der Waals surface area contributed by atoms with Crippen LogP contribution in [0.1, 0.15) is 79.1 Å². The van der Waals surface area contributed by atoms with Crippen LogP contribution in [0.2, 0.25) is 0 Å². The van der Waals surface area contributed by atoms with Crippen molar-refractivity contribution in [1.82, 2.24) is 20.3 Å². The minimum atomic E-state index is -0.899. The Morgan fingerprint density at radius 3 is 1.39 bits per heavy atom. The Balaban J connectivity index is 1.17. The summed E-state index contributed by atoms with van der Waals surface area (Å²) in [5.74, 6) is -0.760. The van der Waals surface area contributed by atoms with E-state index in [1.54, 1.807) is 24.3 Å². The lowest BCUT2D eigenvalue weighted by Gasteiger charge is -2.14. The number of rotatable bonds is 18. The molecule has 0 fully saturated rings. The second-order valence-electron chi connectivity index (χ2n) is 12.9. The molecule has 14 heteroatoms. The molecule has 0 aliphatic rings. The summed E-state index contributed by atoms with van der Waals surface area (Å²) in [6, 6.07) is 14.4. The molecule has 286 valence electrons. The molecular formula is C40H44F2N4O8. The summed E-state index contributed by atoms with van der Waals surface area (Å²) < 4.78 is 61.6. The van der Waals surface area contributed by atoms with Crippen LogP contribution in [0.3, 0.4) is 0 Å². The molecule has 2 unspecified atom stereocenters. The maximum Gasteiger partial charge on any atom is 0.513 e. The van der Waals surface area contributed by atoms with Gasteiger partial charge < -0.3 is 28.0 Å². The van der Waals surface area contributed by atoms with Crippen LogP contribution in [0, 0.1) is 23.5 Å². The highest BCUT2D eigenvalue weighted by atomic mass is 19.1. The number of hydrogen-bond acceptors (Lipinski definition) is 12. The van der Waals surface area contributed by atoms with E-state index in [-0.39, 0.29) is 71.1 Å². The molecule has 2 atom stereocenters. The molecule has 0 bridgehead atoms. The van der Waals surface area contributed by atoms with E-state index in [4.69, 9.17) is 28.0 Å². The van der Waals surface area contributed by atoms with Gasteiger partial charge in [-0.25, -0.2) is 18.4 Å². The van der Waals surface area contributed by atoms with E-state index in [0.29, 0.717) is 11.1 Å². The van der Waals surface area contributed by atoms with Crippen LogP contribution in [-0.2, 0) is 9.47 Å². The topological polar surface area (TPSA) is 149 Å². The van der Waals surface area contributed by atoms with Gasteiger partial charge in [-0.15, -0.1) is 0 Å². The zero-order valence-electron chi connectivity index (χ0n) is 30.8. The van der Waals surface area contributed by atoms with Crippen LogP contribution < -0.4 is 9.47 Å². The minimum absolute atomic E-state index is 0.00756. The number of nitrogens with zero attached hydrogens (tertiary/aromatic N) is 4. The number of hydrogen-bond donors (Lipinski definition) is 0. The second kappa shape index (κ2) is 19.4. The number of carbonyl (C=O) groups is 2. The van der Waals surface area contributed by atoms with Crippen LogP contribution in [0.25, 0.3) is 45.7 Å². The number of carbonyl (C=O) groups excluding carboxylic acids is 2. The molecule has 0 saturated carbocycles. The standard InChI is InChI=1S/C40H44F2N4O8/c1-5-9-11-25(7-3)23-49-39(47)51-29-17-19-31(33(41)21-29)35-43-37(53-45-35)27-13-15-28(16-14-27)38-44-36(46-54-38)32-20-18-30(22-34(32)42)52-40(48)50-24-26(8-4)12-10-6-2/h13-22,25-26H,5-12,23-24H2,1-4H3. The predicted molar refractivity (Wildman–Crippen MR) is 194 cm³/mol. The van der Waals surface area contributed by atoms with E-state index >= 15 is 8.78 Å². The largest absolute Gasteiger partial charge is 0.513 e. The molecule has 0 spiro atoms. The molecule has 0 amide bonds. The van der Waals surface area contributed by atoms with Crippen molar-refractivity contribution >= 4 is 12.3 Å². The summed E-state index contributed by atoms with van der Waals surface area (Å²) in [6.07, 6.45) is 6.09. The first-order valence-corrected chi connectivity index (χ1v) is 18.3. The van der Waals surface area contributed by atoms with E-state index in [2.05, 4.69) is 34.1 Å². The van der Waals surface area contributed by atoms with Crippen molar-refractivity contribution in [3.05, 3.63) is 72.3 Å². The molecule has 0 aliphatic carbocycles. The van der Waals surface area contributed by atoms with Crippen molar-refractivity contribution in [2.45, 2.75) is 79.1 Å². The highest BCUT2D eigenvalue weighted by molar-refractivity contribution is 5.68. The van der Waals surface area contributed by atoms with Gasteiger partial charge in [0.15, 0.2) is 0 Å². The fourth-order valence-electron chi connectivity index (χ4n) is 5.56. The van der Waals surface area contributed by atoms with Crippen LogP contribution in [-0.4, -0.2) is 45.8 Å². The van der Waals surface area contributed by atoms with Gasteiger partial charge in [-0.2, -0.15) is 9.97 Å². The van der Waals surface area contributed by atoms with Gasteiger partial charge in [0.05, 0.1) is 24.3 Å². The lowest BCUT2D eigenvalue weighted by atomic mass is 10.0. The Bertz CT molecular complexity index is 1840. The Kier molecular flexibility index (Phi) is 14.2. The molecule has 0 aliphatic heterocycles. The third-order valence-electron chi connectivity index (χ3n) is 8.96. The number of unbranched alkanes of at least 4 members (excludes halogenated alkanes) is 2. The van der Waals surface area contributed by atoms with Crippen LogP contribution in [0.15, 0.2) is 69.7 Å². The Labute approximate surface area is 312 Å². The van der Waals surface area contributed by atoms with E-state index in [1.165, 1.54) is 24.3 Å². The average molecular weight is 747 g/mol. The van der Waals surface area contributed by atoms with Gasteiger partial charge in [-0.3, -0.25) is 0 Å². The molecule has 54 heavy (non-hydrogen) atoms. The molecule has 0 radical (unpaired) electrons. The number of aromatic nitrogens is 4. The SMILES string of the molecule is CCCCC(CC)COC(=O)Oc1ccc(-c2noc(-c3ccc(-c4nc(-c5ccc(OC(=O)OCC(CC)CCCC)cc5F)no4)cc3)n2)c(F)c1. The van der Waals surface area contributed by atoms with Crippen molar-refractivity contribution in [3.8, 4) is 57.2 Å². The molecular weight excluding hydrogens is 702 g/mol. The number of benzene rings is 3. The predicted octanol–water partition coefficient (Wildman–Crippen LogP) is 10.9. The summed E-state index contributed by atoms with van der Waals surface area (Å²) >= 11 is 0. The summed E-state index contributed by atoms with van der Waals surface area (Å²) in [5.41, 5.74) is 1.13. The third-order valence-corrected chi connectivity index (χ3v) is 8.96. The lowest BCUT2D eigenvalue weighted by molar-refractivity contribution is 0.0802. The lowest BCUT2D eigenvalue weighted by Crippen LogP contribution is -2.17. The van der Waals surface area contributed by atoms with E-state index in [0.717, 1.165) is 63.5 Å². The molecule has 0 saturated heterocycles. The van der Waals surface area contributed by atoms with Crippen molar-refractivity contribution in [3.63, 3.8) is 0 Å². The van der Waals surface area contributed by atoms with Crippen molar-refractivity contribution in [2.75, 3.05) is 13.2 Å². The maximum atomic E-state index is 15.0. The first-order chi connectivity index (χ1) is 26.2. The fraction of sp³-hybridized carbons (Fsp3) is 0.400. The Hall–Kier alpha value is -5.66. The normalized spacial score (nSPS) is 12.3. The monoisotopic (exact) mass is 746 g/mol. The van der Waals surface area contributed by atoms with Gasteiger partial charge in [0.1, 0.15) is 23.1 Å². The van der Waals surface area contributed by atoms with Gasteiger partial charge in [0.25, 0.3) is 11.8 Å². The Morgan fingerprint density at radius 1 is 0.630 bits per heavy atom. The minimum Gasteiger partial charge on any atom is -0.434 e. The quantitative estimate of drug-likeness (QED) is 0.0620. The van der Waals surface area contributed by atoms with Crippen molar-refractivity contribution in [1.29, 1.82) is 0 Å². The third kappa shape index (κ3) is 10.7. The first-order valence-electron chi connectivity index (χ1n) is 18.3. The van der Waals surface area contributed by atoms with Gasteiger partial charge >= 0.3 is 12.3 Å². The number of ether oxygens (including phenoxy) is 4. The van der Waals surface area contributed by atoms with E-state index < -0.39 is 23.9 Å². The zero-order chi connectivity index (χ0) is 38.5. The second-order valence-corrected chi connectivity index (χ2v) is 12.9. The first kappa shape index (κ1) is 39.5. The van der Waals surface area contributed by atoms with Crippen molar-refractivity contribution < 1.29 is 46.4 Å². The summed E-state index contributed by atoms with van der Waals surface area (Å²) in [4.78, 5) is 33.0. The van der Waals surface area contributed by atoms with Crippen LogP contribution in [0.5, 0.6) is 11.5 Å². The maximum absolute atomic E-state index is 15.0. The van der Waals surface area contributed by atoms with Gasteiger partial charge in [0, 0.05) is 23.3 Å².